The van der Waals surface area contributed by atoms with Crippen LogP contribution >= 0.6 is 0 Å². The van der Waals surface area contributed by atoms with E-state index in [-0.39, 0.29) is 0 Å². The molecule has 28 heavy (non-hydrogen) atoms. The highest BCUT2D eigenvalue weighted by molar-refractivity contribution is 5.35. The van der Waals surface area contributed by atoms with E-state index in [1.54, 1.807) is 18.6 Å². The number of hydrogen-bond donors (Lipinski definition) is 1. The third kappa shape index (κ3) is 4.43. The first-order chi connectivity index (χ1) is 13.8. The van der Waals surface area contributed by atoms with Crippen molar-refractivity contribution in [3.63, 3.8) is 0 Å². The first-order valence-corrected chi connectivity index (χ1v) is 9.94. The second kappa shape index (κ2) is 9.03. The number of nitrogens with one attached hydrogen (secondary N) is 1. The van der Waals surface area contributed by atoms with Crippen LogP contribution in [0, 0.1) is 0 Å². The maximum absolute atomic E-state index is 4.83. The van der Waals surface area contributed by atoms with Gasteiger partial charge in [0.1, 0.15) is 0 Å². The Morgan fingerprint density at radius 1 is 1.00 bits per heavy atom. The standard InChI is InChI=1S/C21H27N7/c1-17(18-3-2-6-22-9-10-23-7-4-18)27-11-13-28(14-12-27)21-25-16-19-15-24-8-5-20(19)26-21/h2-4,6-7,9-10,16-17,24H,5,8,11-15H2,1H3. The molecule has 0 bridgehead atoms. The molecule has 1 fully saturated rings. The Hall–Kier alpha value is -2.64. The summed E-state index contributed by atoms with van der Waals surface area (Å²) in [5, 5.41) is 3.37. The van der Waals surface area contributed by atoms with Crippen molar-refractivity contribution in [1.29, 1.82) is 0 Å². The molecular formula is C21H27N7. The molecule has 1 saturated heterocycles. The molecule has 0 saturated carbocycles. The summed E-state index contributed by atoms with van der Waals surface area (Å²) < 4.78 is 0. The normalized spacial score (nSPS) is 18.1. The van der Waals surface area contributed by atoms with Crippen LogP contribution in [0.25, 0.3) is 0 Å². The lowest BCUT2D eigenvalue weighted by Crippen LogP contribution is -2.47. The highest BCUT2D eigenvalue weighted by Gasteiger charge is 2.24. The summed E-state index contributed by atoms with van der Waals surface area (Å²) in [7, 11) is 0. The van der Waals surface area contributed by atoms with Gasteiger partial charge in [-0.05, 0) is 24.6 Å². The van der Waals surface area contributed by atoms with Gasteiger partial charge in [0.25, 0.3) is 0 Å². The van der Waals surface area contributed by atoms with Crippen molar-refractivity contribution in [3.8, 4) is 0 Å². The Bertz CT molecular complexity index is 823. The molecule has 146 valence electrons. The number of rotatable bonds is 3. The lowest BCUT2D eigenvalue weighted by atomic mass is 10.1. The predicted molar refractivity (Wildman–Crippen MR) is 109 cm³/mol. The molecule has 0 spiro atoms. The molecule has 0 aromatic carbocycles. The summed E-state index contributed by atoms with van der Waals surface area (Å²) in [6, 6.07) is 6.50. The fourth-order valence-electron chi connectivity index (χ4n) is 3.74. The second-order valence-electron chi connectivity index (χ2n) is 7.19. The summed E-state index contributed by atoms with van der Waals surface area (Å²) in [5.41, 5.74) is 3.67. The van der Waals surface area contributed by atoms with Gasteiger partial charge >= 0.3 is 0 Å². The van der Waals surface area contributed by atoms with Crippen molar-refractivity contribution in [2.24, 2.45) is 0 Å². The van der Waals surface area contributed by atoms with Crippen molar-refractivity contribution in [2.45, 2.75) is 25.9 Å². The fraction of sp³-hybridized carbons (Fsp3) is 0.429. The molecule has 4 heterocycles. The van der Waals surface area contributed by atoms with Gasteiger partial charge in [0.2, 0.25) is 5.95 Å². The average Bonchev–Trinajstić information content (AvgIpc) is 2.76. The maximum Gasteiger partial charge on any atom is 0.225 e. The number of piperazine rings is 1. The molecule has 0 aliphatic carbocycles. The minimum Gasteiger partial charge on any atom is -0.338 e. The molecule has 2 aromatic heterocycles. The van der Waals surface area contributed by atoms with Gasteiger partial charge in [0.15, 0.2) is 0 Å². The van der Waals surface area contributed by atoms with E-state index in [2.05, 4.69) is 49.1 Å². The second-order valence-corrected chi connectivity index (χ2v) is 7.19. The van der Waals surface area contributed by atoms with Crippen LogP contribution in [-0.4, -0.2) is 57.6 Å². The van der Waals surface area contributed by atoms with E-state index in [0.29, 0.717) is 6.04 Å². The topological polar surface area (TPSA) is 70.1 Å². The van der Waals surface area contributed by atoms with Gasteiger partial charge in [0, 0.05) is 88.3 Å². The van der Waals surface area contributed by atoms with Crippen LogP contribution in [0.4, 0.5) is 5.95 Å². The van der Waals surface area contributed by atoms with Crippen LogP contribution in [0.1, 0.15) is 29.8 Å². The molecule has 1 N–H and O–H groups in total. The molecule has 7 nitrogen and oxygen atoms in total. The maximum atomic E-state index is 4.83. The van der Waals surface area contributed by atoms with Gasteiger partial charge in [0.05, 0.1) is 5.69 Å². The predicted octanol–water partition coefficient (Wildman–Crippen LogP) is 1.92. The van der Waals surface area contributed by atoms with E-state index in [9.17, 15) is 0 Å². The first kappa shape index (κ1) is 18.7. The third-order valence-corrected chi connectivity index (χ3v) is 5.48. The van der Waals surface area contributed by atoms with Crippen LogP contribution in [-0.2, 0) is 13.0 Å². The van der Waals surface area contributed by atoms with Gasteiger partial charge in [-0.15, -0.1) is 0 Å². The monoisotopic (exact) mass is 377 g/mol. The smallest absolute Gasteiger partial charge is 0.225 e. The SMILES string of the molecule is CC(c1cccnccncc1)N1CCN(c2ncc3c(n2)CCNC3)CC1. The molecule has 2 aliphatic rings. The van der Waals surface area contributed by atoms with Gasteiger partial charge in [-0.2, -0.15) is 0 Å². The average molecular weight is 377 g/mol. The molecule has 2 aliphatic heterocycles. The molecule has 4 rings (SSSR count). The zero-order valence-electron chi connectivity index (χ0n) is 16.3. The summed E-state index contributed by atoms with van der Waals surface area (Å²) in [6.45, 7) is 7.99. The summed E-state index contributed by atoms with van der Waals surface area (Å²) in [4.78, 5) is 22.6. The zero-order valence-corrected chi connectivity index (χ0v) is 16.3. The largest absolute Gasteiger partial charge is 0.338 e. The number of fused-ring (bicyclic) bond motifs is 1. The van der Waals surface area contributed by atoms with Gasteiger partial charge in [-0.1, -0.05) is 6.07 Å². The van der Waals surface area contributed by atoms with Crippen molar-refractivity contribution >= 4 is 5.95 Å². The van der Waals surface area contributed by atoms with E-state index in [4.69, 9.17) is 4.98 Å². The van der Waals surface area contributed by atoms with Crippen LogP contribution in [0.15, 0.2) is 49.2 Å². The van der Waals surface area contributed by atoms with Crippen LogP contribution in [0.3, 0.4) is 0 Å². The Labute approximate surface area is 166 Å². The molecular weight excluding hydrogens is 350 g/mol. The fourth-order valence-corrected chi connectivity index (χ4v) is 3.74. The lowest BCUT2D eigenvalue weighted by molar-refractivity contribution is 0.198. The van der Waals surface area contributed by atoms with E-state index in [0.717, 1.165) is 51.6 Å². The van der Waals surface area contributed by atoms with Crippen molar-refractivity contribution in [1.82, 2.24) is 30.2 Å². The highest BCUT2D eigenvalue weighted by atomic mass is 15.3. The quantitative estimate of drug-likeness (QED) is 0.876. The third-order valence-electron chi connectivity index (χ3n) is 5.48. The molecule has 0 radical (unpaired) electrons. The lowest BCUT2D eigenvalue weighted by Gasteiger charge is -2.38. The first-order valence-electron chi connectivity index (χ1n) is 9.94. The van der Waals surface area contributed by atoms with Crippen molar-refractivity contribution in [2.75, 3.05) is 37.6 Å². The van der Waals surface area contributed by atoms with E-state index >= 15 is 0 Å². The minimum atomic E-state index is 0.317. The Morgan fingerprint density at radius 2 is 1.82 bits per heavy atom. The number of anilines is 1. The van der Waals surface area contributed by atoms with Crippen LogP contribution < -0.4 is 10.2 Å². The van der Waals surface area contributed by atoms with Gasteiger partial charge < -0.3 is 10.2 Å². The Balaban J connectivity index is 1.43. The van der Waals surface area contributed by atoms with Crippen LogP contribution in [0.5, 0.6) is 0 Å². The molecule has 1 atom stereocenters. The number of hydrogen-bond acceptors (Lipinski definition) is 7. The zero-order chi connectivity index (χ0) is 19.2. The number of nitrogens with zero attached hydrogens (tertiary/aromatic N) is 6. The molecule has 1 unspecified atom stereocenters. The molecule has 0 amide bonds. The van der Waals surface area contributed by atoms with Gasteiger partial charge in [-0.3, -0.25) is 14.9 Å². The van der Waals surface area contributed by atoms with E-state index in [1.165, 1.54) is 16.8 Å². The summed E-state index contributed by atoms with van der Waals surface area (Å²) >= 11 is 0. The summed E-state index contributed by atoms with van der Waals surface area (Å²) in [5.74, 6) is 0.876. The highest BCUT2D eigenvalue weighted by Crippen LogP contribution is 2.22. The molecule has 7 heteroatoms. The van der Waals surface area contributed by atoms with Crippen molar-refractivity contribution in [3.05, 3.63) is 66.0 Å². The summed E-state index contributed by atoms with van der Waals surface area (Å²) in [6.07, 6.45) is 9.98. The minimum absolute atomic E-state index is 0.317. The number of aromatic nitrogens is 4. The Morgan fingerprint density at radius 3 is 2.68 bits per heavy atom. The van der Waals surface area contributed by atoms with E-state index < -0.39 is 0 Å². The van der Waals surface area contributed by atoms with E-state index in [1.807, 2.05) is 18.5 Å². The van der Waals surface area contributed by atoms with Gasteiger partial charge in [-0.25, -0.2) is 9.97 Å². The van der Waals surface area contributed by atoms with Crippen molar-refractivity contribution < 1.29 is 0 Å². The van der Waals surface area contributed by atoms with Crippen LogP contribution in [0.2, 0.25) is 0 Å². The Kier molecular flexibility index (Phi) is 6.04. The molecule has 2 aromatic rings.